The molecule has 0 amide bonds. The molecule has 0 unspecified atom stereocenters. The van der Waals surface area contributed by atoms with Crippen LogP contribution in [-0.2, 0) is 20.1 Å². The van der Waals surface area contributed by atoms with Crippen LogP contribution in [0.2, 0.25) is 0 Å². The summed E-state index contributed by atoms with van der Waals surface area (Å²) in [7, 11) is 0. The molecule has 4 aromatic heterocycles. The molecular weight excluding hydrogens is 551 g/mol. The summed E-state index contributed by atoms with van der Waals surface area (Å²) in [5, 5.41) is 9.07. The van der Waals surface area contributed by atoms with Crippen LogP contribution >= 0.6 is 0 Å². The largest absolute Gasteiger partial charge is 0.439 e. The van der Waals surface area contributed by atoms with Crippen LogP contribution in [0.5, 0.6) is 0 Å². The van der Waals surface area contributed by atoms with Crippen LogP contribution < -0.4 is 0 Å². The molecule has 0 aliphatic rings. The van der Waals surface area contributed by atoms with Crippen molar-refractivity contribution in [3.05, 3.63) is 91.1 Å². The van der Waals surface area contributed by atoms with Crippen LogP contribution in [0.15, 0.2) is 89.5 Å². The van der Waals surface area contributed by atoms with Crippen LogP contribution in [0.25, 0.3) is 55.1 Å². The van der Waals surface area contributed by atoms with E-state index in [1.807, 2.05) is 22.7 Å². The standard InChI is InChI=1S/C25H14N3O.Ir/c1-4-10-20-16(7-1)17-8-2-5-11-21(17)27(20)24-15-19-18-9-3-6-12-22(18)28-23(13-14-26-28)25(19)29-24;/h1-11,13-15H;/q-1;. The molecule has 0 spiro atoms. The van der Waals surface area contributed by atoms with E-state index >= 15 is 0 Å². The van der Waals surface area contributed by atoms with E-state index in [1.165, 1.54) is 10.8 Å². The van der Waals surface area contributed by atoms with Gasteiger partial charge in [0.1, 0.15) is 5.52 Å². The van der Waals surface area contributed by atoms with Gasteiger partial charge in [-0.3, -0.25) is 9.08 Å². The topological polar surface area (TPSA) is 35.4 Å². The van der Waals surface area contributed by atoms with Crippen LogP contribution in [0.3, 0.4) is 0 Å². The van der Waals surface area contributed by atoms with E-state index in [1.54, 1.807) is 6.20 Å². The summed E-state index contributed by atoms with van der Waals surface area (Å²) in [5.74, 6) is 0.803. The van der Waals surface area contributed by atoms with E-state index < -0.39 is 0 Å². The fourth-order valence-electron chi connectivity index (χ4n) is 4.51. The molecule has 3 aromatic carbocycles. The molecule has 145 valence electrons. The summed E-state index contributed by atoms with van der Waals surface area (Å²) in [6.45, 7) is 0. The van der Waals surface area contributed by atoms with E-state index in [-0.39, 0.29) is 20.1 Å². The molecule has 0 aliphatic heterocycles. The monoisotopic (exact) mass is 565 g/mol. The van der Waals surface area contributed by atoms with Gasteiger partial charge < -0.3 is 4.42 Å². The summed E-state index contributed by atoms with van der Waals surface area (Å²) < 4.78 is 10.6. The van der Waals surface area contributed by atoms with Crippen LogP contribution in [-0.4, -0.2) is 14.2 Å². The van der Waals surface area contributed by atoms with Crippen molar-refractivity contribution in [2.75, 3.05) is 0 Å². The Bertz CT molecular complexity index is 1670. The summed E-state index contributed by atoms with van der Waals surface area (Å²) in [6, 6.07) is 30.4. The number of hydrogen-bond acceptors (Lipinski definition) is 2. The first-order chi connectivity index (χ1) is 14.4. The second-order valence-electron chi connectivity index (χ2n) is 7.26. The molecule has 0 fully saturated rings. The molecule has 4 nitrogen and oxygen atoms in total. The first-order valence-corrected chi connectivity index (χ1v) is 9.58. The number of furan rings is 1. The van der Waals surface area contributed by atoms with Crippen molar-refractivity contribution in [2.24, 2.45) is 0 Å². The zero-order chi connectivity index (χ0) is 18.9. The van der Waals surface area contributed by atoms with Gasteiger partial charge in [-0.1, -0.05) is 41.8 Å². The van der Waals surface area contributed by atoms with E-state index in [2.05, 4.69) is 76.4 Å². The Kier molecular flexibility index (Phi) is 3.66. The molecule has 0 saturated carbocycles. The van der Waals surface area contributed by atoms with Crippen molar-refractivity contribution in [1.82, 2.24) is 14.2 Å². The molecule has 7 aromatic rings. The van der Waals surface area contributed by atoms with Gasteiger partial charge in [0, 0.05) is 30.9 Å². The van der Waals surface area contributed by atoms with Gasteiger partial charge >= 0.3 is 0 Å². The molecule has 0 atom stereocenters. The van der Waals surface area contributed by atoms with Gasteiger partial charge in [0.25, 0.3) is 0 Å². The van der Waals surface area contributed by atoms with E-state index in [0.29, 0.717) is 0 Å². The predicted molar refractivity (Wildman–Crippen MR) is 116 cm³/mol. The maximum atomic E-state index is 6.50. The van der Waals surface area contributed by atoms with Gasteiger partial charge in [-0.05, 0) is 35.2 Å². The minimum Gasteiger partial charge on any atom is -0.439 e. The third-order valence-corrected chi connectivity index (χ3v) is 5.73. The van der Waals surface area contributed by atoms with Gasteiger partial charge in [0.15, 0.2) is 5.58 Å². The Morgan fingerprint density at radius 1 is 0.733 bits per heavy atom. The molecule has 7 rings (SSSR count). The first-order valence-electron chi connectivity index (χ1n) is 9.58. The number of rotatable bonds is 1. The molecule has 0 N–H and O–H groups in total. The van der Waals surface area contributed by atoms with Gasteiger partial charge in [0.2, 0.25) is 5.88 Å². The average Bonchev–Trinajstić information content (AvgIpc) is 3.49. The molecule has 4 heterocycles. The number of fused-ring (bicyclic) bond motifs is 9. The molecule has 5 heteroatoms. The van der Waals surface area contributed by atoms with Gasteiger partial charge in [0.05, 0.1) is 17.2 Å². The zero-order valence-electron chi connectivity index (χ0n) is 15.7. The Labute approximate surface area is 184 Å². The molecule has 0 aliphatic carbocycles. The maximum absolute atomic E-state index is 6.50. The normalized spacial score (nSPS) is 11.7. The minimum absolute atomic E-state index is 0. The number of pyridine rings is 1. The first kappa shape index (κ1) is 17.5. The Morgan fingerprint density at radius 2 is 1.43 bits per heavy atom. The number of nitrogens with zero attached hydrogens (tertiary/aromatic N) is 3. The minimum atomic E-state index is 0. The van der Waals surface area contributed by atoms with Crippen LogP contribution in [0.1, 0.15) is 0 Å². The van der Waals surface area contributed by atoms with E-state index in [4.69, 9.17) is 4.42 Å². The Balaban J connectivity index is 0.00000175. The maximum Gasteiger partial charge on any atom is 0.204 e. The summed E-state index contributed by atoms with van der Waals surface area (Å²) in [5.41, 5.74) is 5.00. The van der Waals surface area contributed by atoms with E-state index in [9.17, 15) is 0 Å². The van der Waals surface area contributed by atoms with Crippen molar-refractivity contribution in [2.45, 2.75) is 0 Å². The summed E-state index contributed by atoms with van der Waals surface area (Å²) >= 11 is 0. The van der Waals surface area contributed by atoms with Gasteiger partial charge in [-0.15, -0.1) is 0 Å². The molecule has 0 bridgehead atoms. The fourth-order valence-corrected chi connectivity index (χ4v) is 4.51. The Morgan fingerprint density at radius 3 is 2.20 bits per heavy atom. The fraction of sp³-hybridized carbons (Fsp3) is 0. The van der Waals surface area contributed by atoms with Crippen LogP contribution in [0, 0.1) is 6.07 Å². The number of benzene rings is 3. The molecule has 0 saturated heterocycles. The van der Waals surface area contributed by atoms with Crippen molar-refractivity contribution < 1.29 is 24.5 Å². The molecule has 30 heavy (non-hydrogen) atoms. The van der Waals surface area contributed by atoms with Crippen molar-refractivity contribution >= 4 is 49.2 Å². The van der Waals surface area contributed by atoms with Crippen LogP contribution in [0.4, 0.5) is 0 Å². The third-order valence-electron chi connectivity index (χ3n) is 5.73. The quantitative estimate of drug-likeness (QED) is 0.225. The smallest absolute Gasteiger partial charge is 0.204 e. The third kappa shape index (κ3) is 2.16. The Hall–Kier alpha value is -3.40. The second kappa shape index (κ2) is 6.30. The SMILES string of the molecule is [Ir].[c-]1cccc2c3cc(-n4c5ccccc5c5ccccc54)oc3c3ccnn3c12. The number of aromatic nitrogens is 3. The molecule has 1 radical (unpaired) electrons. The molecular formula is C25H14IrN3O-. The summed E-state index contributed by atoms with van der Waals surface area (Å²) in [4.78, 5) is 0. The number of hydrogen-bond donors (Lipinski definition) is 0. The number of para-hydroxylation sites is 3. The average molecular weight is 565 g/mol. The zero-order valence-corrected chi connectivity index (χ0v) is 18.1. The predicted octanol–water partition coefficient (Wildman–Crippen LogP) is 6.13. The van der Waals surface area contributed by atoms with Crippen molar-refractivity contribution in [1.29, 1.82) is 0 Å². The van der Waals surface area contributed by atoms with Crippen molar-refractivity contribution in [3.63, 3.8) is 0 Å². The van der Waals surface area contributed by atoms with Gasteiger partial charge in [-0.25, -0.2) is 0 Å². The second-order valence-corrected chi connectivity index (χ2v) is 7.26. The van der Waals surface area contributed by atoms with Gasteiger partial charge in [-0.2, -0.15) is 29.4 Å². The summed E-state index contributed by atoms with van der Waals surface area (Å²) in [6.07, 6.45) is 1.80. The van der Waals surface area contributed by atoms with Crippen molar-refractivity contribution in [3.8, 4) is 5.88 Å². The van der Waals surface area contributed by atoms with E-state index in [0.717, 1.165) is 44.3 Å².